The Morgan fingerprint density at radius 2 is 2.22 bits per heavy atom. The minimum Gasteiger partial charge on any atom is -0.338 e. The van der Waals surface area contributed by atoms with E-state index in [1.165, 1.54) is 0 Å². The molecule has 2 rings (SSSR count). The quantitative estimate of drug-likeness (QED) is 0.646. The Labute approximate surface area is 116 Å². The van der Waals surface area contributed by atoms with Crippen LogP contribution in [0.2, 0.25) is 5.02 Å². The lowest BCUT2D eigenvalue weighted by atomic mass is 10.1. The molecule has 1 saturated heterocycles. The Morgan fingerprint density at radius 1 is 1.39 bits per heavy atom. The topological polar surface area (TPSA) is 58.4 Å². The first-order valence-corrected chi connectivity index (χ1v) is 7.39. The van der Waals surface area contributed by atoms with Crippen molar-refractivity contribution in [1.29, 1.82) is 0 Å². The molecule has 0 saturated carbocycles. The molecule has 0 spiro atoms. The number of halogens is 1. The van der Waals surface area contributed by atoms with E-state index in [2.05, 4.69) is 5.43 Å². The van der Waals surface area contributed by atoms with Crippen LogP contribution < -0.4 is 11.3 Å². The Morgan fingerprint density at radius 3 is 3.00 bits per heavy atom. The number of anilines is 1. The van der Waals surface area contributed by atoms with Crippen LogP contribution in [0.25, 0.3) is 0 Å². The molecule has 98 valence electrons. The van der Waals surface area contributed by atoms with Gasteiger partial charge < -0.3 is 10.3 Å². The maximum atomic E-state index is 12.4. The fourth-order valence-electron chi connectivity index (χ4n) is 1.94. The summed E-state index contributed by atoms with van der Waals surface area (Å²) >= 11 is 7.83. The van der Waals surface area contributed by atoms with Gasteiger partial charge in [0.15, 0.2) is 0 Å². The number of hydrogen-bond acceptors (Lipinski definition) is 4. The van der Waals surface area contributed by atoms with Gasteiger partial charge in [-0.15, -0.1) is 0 Å². The summed E-state index contributed by atoms with van der Waals surface area (Å²) in [5, 5.41) is 0.543. The highest BCUT2D eigenvalue weighted by molar-refractivity contribution is 7.99. The third-order valence-corrected chi connectivity index (χ3v) is 4.16. The van der Waals surface area contributed by atoms with Gasteiger partial charge in [0, 0.05) is 23.9 Å². The minimum absolute atomic E-state index is 0.00653. The van der Waals surface area contributed by atoms with Crippen molar-refractivity contribution in [3.05, 3.63) is 28.8 Å². The van der Waals surface area contributed by atoms with Crippen molar-refractivity contribution in [3.8, 4) is 0 Å². The molecule has 18 heavy (non-hydrogen) atoms. The lowest BCUT2D eigenvalue weighted by molar-refractivity contribution is 0.0769. The second-order valence-electron chi connectivity index (χ2n) is 4.09. The fourth-order valence-corrected chi connectivity index (χ4v) is 3.00. The minimum atomic E-state index is -0.00653. The van der Waals surface area contributed by atoms with Crippen LogP contribution in [-0.2, 0) is 0 Å². The zero-order valence-electron chi connectivity index (χ0n) is 9.99. The number of rotatable bonds is 2. The van der Waals surface area contributed by atoms with E-state index in [9.17, 15) is 4.79 Å². The van der Waals surface area contributed by atoms with E-state index in [1.54, 1.807) is 18.2 Å². The number of carbonyl (C=O) groups excluding carboxylic acids is 1. The number of nitrogens with one attached hydrogen (secondary N) is 1. The number of thioether (sulfide) groups is 1. The largest absolute Gasteiger partial charge is 0.338 e. The highest BCUT2D eigenvalue weighted by Gasteiger charge is 2.20. The molecule has 1 aromatic rings. The van der Waals surface area contributed by atoms with Crippen LogP contribution in [0.3, 0.4) is 0 Å². The van der Waals surface area contributed by atoms with Gasteiger partial charge in [0.25, 0.3) is 5.91 Å². The molecule has 0 atom stereocenters. The van der Waals surface area contributed by atoms with Crippen molar-refractivity contribution in [1.82, 2.24) is 4.90 Å². The van der Waals surface area contributed by atoms with Crippen LogP contribution in [0.5, 0.6) is 0 Å². The predicted molar refractivity (Wildman–Crippen MR) is 77.1 cm³/mol. The Kier molecular flexibility index (Phi) is 4.74. The second kappa shape index (κ2) is 6.31. The third-order valence-electron chi connectivity index (χ3n) is 2.88. The van der Waals surface area contributed by atoms with E-state index in [4.69, 9.17) is 17.4 Å². The van der Waals surface area contributed by atoms with Crippen LogP contribution >= 0.6 is 23.4 Å². The van der Waals surface area contributed by atoms with Crippen LogP contribution in [0, 0.1) is 0 Å². The molecule has 1 aliphatic heterocycles. The van der Waals surface area contributed by atoms with Gasteiger partial charge in [-0.1, -0.05) is 11.6 Å². The van der Waals surface area contributed by atoms with Gasteiger partial charge in [0.05, 0.1) is 11.3 Å². The van der Waals surface area contributed by atoms with Gasteiger partial charge in [-0.05, 0) is 30.4 Å². The van der Waals surface area contributed by atoms with Crippen molar-refractivity contribution in [2.45, 2.75) is 6.42 Å². The SMILES string of the molecule is NNc1ccc(Cl)cc1C(=O)N1CCCSCC1. The van der Waals surface area contributed by atoms with Crippen LogP contribution in [0.15, 0.2) is 18.2 Å². The molecule has 0 aromatic heterocycles. The molecule has 1 fully saturated rings. The van der Waals surface area contributed by atoms with Gasteiger partial charge in [-0.2, -0.15) is 11.8 Å². The second-order valence-corrected chi connectivity index (χ2v) is 5.75. The average molecular weight is 286 g/mol. The highest BCUT2D eigenvalue weighted by atomic mass is 35.5. The molecule has 1 amide bonds. The van der Waals surface area contributed by atoms with Crippen molar-refractivity contribution < 1.29 is 4.79 Å². The Hall–Kier alpha value is -0.910. The number of benzene rings is 1. The van der Waals surface area contributed by atoms with E-state index in [1.807, 2.05) is 16.7 Å². The summed E-state index contributed by atoms with van der Waals surface area (Å²) in [7, 11) is 0. The number of nitrogen functional groups attached to an aromatic ring is 1. The molecular formula is C12H16ClN3OS. The number of amides is 1. The summed E-state index contributed by atoms with van der Waals surface area (Å²) in [5.41, 5.74) is 3.70. The first kappa shape index (κ1) is 13.5. The molecule has 3 N–H and O–H groups in total. The zero-order chi connectivity index (χ0) is 13.0. The number of carbonyl (C=O) groups is 1. The van der Waals surface area contributed by atoms with E-state index < -0.39 is 0 Å². The summed E-state index contributed by atoms with van der Waals surface area (Å²) < 4.78 is 0. The van der Waals surface area contributed by atoms with E-state index in [0.717, 1.165) is 31.0 Å². The van der Waals surface area contributed by atoms with E-state index in [-0.39, 0.29) is 5.91 Å². The lowest BCUT2D eigenvalue weighted by Gasteiger charge is -2.21. The molecule has 6 heteroatoms. The van der Waals surface area contributed by atoms with Gasteiger partial charge in [0.2, 0.25) is 0 Å². The van der Waals surface area contributed by atoms with E-state index in [0.29, 0.717) is 16.3 Å². The molecule has 0 bridgehead atoms. The Balaban J connectivity index is 2.23. The molecule has 1 aromatic carbocycles. The summed E-state index contributed by atoms with van der Waals surface area (Å²) in [4.78, 5) is 14.3. The monoisotopic (exact) mass is 285 g/mol. The smallest absolute Gasteiger partial charge is 0.256 e. The first-order chi connectivity index (χ1) is 8.72. The van der Waals surface area contributed by atoms with Crippen LogP contribution in [-0.4, -0.2) is 35.4 Å². The van der Waals surface area contributed by atoms with Crippen LogP contribution in [0.4, 0.5) is 5.69 Å². The van der Waals surface area contributed by atoms with Crippen molar-refractivity contribution >= 4 is 35.0 Å². The lowest BCUT2D eigenvalue weighted by Crippen LogP contribution is -2.33. The maximum absolute atomic E-state index is 12.4. The molecule has 1 heterocycles. The zero-order valence-corrected chi connectivity index (χ0v) is 11.6. The van der Waals surface area contributed by atoms with E-state index >= 15 is 0 Å². The van der Waals surface area contributed by atoms with Crippen LogP contribution in [0.1, 0.15) is 16.8 Å². The first-order valence-electron chi connectivity index (χ1n) is 5.85. The number of hydrazine groups is 1. The normalized spacial score (nSPS) is 16.2. The van der Waals surface area contributed by atoms with Gasteiger partial charge in [-0.3, -0.25) is 10.6 Å². The Bertz CT molecular complexity index is 433. The van der Waals surface area contributed by atoms with Gasteiger partial charge in [0.1, 0.15) is 0 Å². The average Bonchev–Trinajstić information content (AvgIpc) is 2.66. The molecule has 0 aliphatic carbocycles. The standard InChI is InChI=1S/C12H16ClN3OS/c13-9-2-3-11(15-14)10(8-9)12(17)16-4-1-6-18-7-5-16/h2-3,8,15H,1,4-7,14H2. The number of nitrogens with two attached hydrogens (primary N) is 1. The fraction of sp³-hybridized carbons (Fsp3) is 0.417. The number of hydrogen-bond donors (Lipinski definition) is 2. The molecule has 1 aliphatic rings. The summed E-state index contributed by atoms with van der Waals surface area (Å²) in [6.45, 7) is 1.57. The number of nitrogens with zero attached hydrogens (tertiary/aromatic N) is 1. The van der Waals surface area contributed by atoms with Crippen molar-refractivity contribution in [2.75, 3.05) is 30.0 Å². The molecule has 0 radical (unpaired) electrons. The summed E-state index contributed by atoms with van der Waals surface area (Å²) in [6.07, 6.45) is 1.03. The molecule has 0 unspecified atom stereocenters. The highest BCUT2D eigenvalue weighted by Crippen LogP contribution is 2.22. The van der Waals surface area contributed by atoms with Gasteiger partial charge in [-0.25, -0.2) is 0 Å². The van der Waals surface area contributed by atoms with Crippen molar-refractivity contribution in [2.24, 2.45) is 5.84 Å². The maximum Gasteiger partial charge on any atom is 0.256 e. The molecular weight excluding hydrogens is 270 g/mol. The molecule has 4 nitrogen and oxygen atoms in total. The third kappa shape index (κ3) is 3.10. The predicted octanol–water partition coefficient (Wildman–Crippen LogP) is 2.20. The van der Waals surface area contributed by atoms with Crippen molar-refractivity contribution in [3.63, 3.8) is 0 Å². The van der Waals surface area contributed by atoms with Gasteiger partial charge >= 0.3 is 0 Å². The summed E-state index contributed by atoms with van der Waals surface area (Å²) in [5.74, 6) is 7.52. The summed E-state index contributed by atoms with van der Waals surface area (Å²) in [6, 6.07) is 5.10.